The normalized spacial score (nSPS) is 20.2. The van der Waals surface area contributed by atoms with E-state index in [1.807, 2.05) is 30.3 Å². The number of Topliss-reactive ketones (excluding diaryl/α,β-unsaturated/α-hetero) is 1. The number of likely N-dealkylation sites (tertiary alicyclic amines) is 1. The minimum Gasteiger partial charge on any atom is -0.342 e. The second kappa shape index (κ2) is 4.47. The molecule has 0 radical (unpaired) electrons. The lowest BCUT2D eigenvalue weighted by Crippen LogP contribution is -2.30. The molecule has 0 spiro atoms. The van der Waals surface area contributed by atoms with Crippen LogP contribution in [0.5, 0.6) is 0 Å². The first-order chi connectivity index (χ1) is 7.68. The van der Waals surface area contributed by atoms with Crippen LogP contribution in [0.15, 0.2) is 30.3 Å². The number of ketones is 1. The number of rotatable bonds is 3. The quantitative estimate of drug-likeness (QED) is 0.725. The van der Waals surface area contributed by atoms with Gasteiger partial charge >= 0.3 is 0 Å². The van der Waals surface area contributed by atoms with E-state index in [2.05, 4.69) is 0 Å². The minimum atomic E-state index is 0.0835. The summed E-state index contributed by atoms with van der Waals surface area (Å²) in [5.41, 5.74) is 0.732. The van der Waals surface area contributed by atoms with E-state index in [4.69, 9.17) is 0 Å². The lowest BCUT2D eigenvalue weighted by Gasteiger charge is -2.18. The van der Waals surface area contributed by atoms with Gasteiger partial charge in [0, 0.05) is 31.5 Å². The van der Waals surface area contributed by atoms with E-state index in [1.54, 1.807) is 11.9 Å². The second-order valence-corrected chi connectivity index (χ2v) is 4.19. The molecule has 1 fully saturated rings. The molecule has 16 heavy (non-hydrogen) atoms. The van der Waals surface area contributed by atoms with Gasteiger partial charge in [0.1, 0.15) is 0 Å². The van der Waals surface area contributed by atoms with E-state index < -0.39 is 0 Å². The number of carbonyl (C=O) groups is 2. The zero-order valence-corrected chi connectivity index (χ0v) is 9.35. The maximum absolute atomic E-state index is 11.9. The Balaban J connectivity index is 2.01. The molecule has 0 bridgehead atoms. The van der Waals surface area contributed by atoms with Crippen LogP contribution in [0, 0.1) is 0 Å². The molecule has 1 aliphatic heterocycles. The fourth-order valence-electron chi connectivity index (χ4n) is 2.06. The van der Waals surface area contributed by atoms with Crippen molar-refractivity contribution in [1.82, 2.24) is 4.90 Å². The number of benzene rings is 1. The fraction of sp³-hybridized carbons (Fsp3) is 0.385. The Hall–Kier alpha value is -1.64. The molecule has 0 aliphatic carbocycles. The highest BCUT2D eigenvalue weighted by molar-refractivity contribution is 5.96. The molecular weight excluding hydrogens is 202 g/mol. The van der Waals surface area contributed by atoms with Crippen LogP contribution in [0.2, 0.25) is 0 Å². The highest BCUT2D eigenvalue weighted by Gasteiger charge is 2.29. The lowest BCUT2D eigenvalue weighted by atomic mass is 10.0. The Morgan fingerprint density at radius 3 is 2.62 bits per heavy atom. The Morgan fingerprint density at radius 1 is 1.38 bits per heavy atom. The first kappa shape index (κ1) is 10.9. The molecule has 3 heteroatoms. The summed E-state index contributed by atoms with van der Waals surface area (Å²) >= 11 is 0. The molecule has 1 aliphatic rings. The van der Waals surface area contributed by atoms with Crippen LogP contribution in [-0.4, -0.2) is 29.7 Å². The van der Waals surface area contributed by atoms with Gasteiger partial charge in [-0.05, 0) is 6.42 Å². The van der Waals surface area contributed by atoms with Gasteiger partial charge in [-0.3, -0.25) is 9.59 Å². The van der Waals surface area contributed by atoms with Crippen LogP contribution in [0.25, 0.3) is 0 Å². The molecular formula is C13H15NO2. The molecule has 0 N–H and O–H groups in total. The van der Waals surface area contributed by atoms with E-state index in [1.165, 1.54) is 0 Å². The van der Waals surface area contributed by atoms with Crippen LogP contribution in [0.1, 0.15) is 29.6 Å². The van der Waals surface area contributed by atoms with Crippen LogP contribution < -0.4 is 0 Å². The van der Waals surface area contributed by atoms with Gasteiger partial charge < -0.3 is 4.90 Å². The lowest BCUT2D eigenvalue weighted by molar-refractivity contribution is -0.127. The van der Waals surface area contributed by atoms with E-state index >= 15 is 0 Å². The van der Waals surface area contributed by atoms with Crippen LogP contribution >= 0.6 is 0 Å². The van der Waals surface area contributed by atoms with Crippen molar-refractivity contribution in [1.29, 1.82) is 0 Å². The molecule has 1 saturated heterocycles. The molecule has 0 aromatic heterocycles. The number of amides is 1. The van der Waals surface area contributed by atoms with Gasteiger partial charge in [-0.2, -0.15) is 0 Å². The highest BCUT2D eigenvalue weighted by atomic mass is 16.2. The standard InChI is InChI=1S/C13H15NO2/c1-14-11(7-8-13(14)16)9-12(15)10-5-3-2-4-6-10/h2-6,11H,7-9H2,1H3. The number of carbonyl (C=O) groups excluding carboxylic acids is 2. The summed E-state index contributed by atoms with van der Waals surface area (Å²) in [6.45, 7) is 0. The topological polar surface area (TPSA) is 37.4 Å². The third-order valence-electron chi connectivity index (χ3n) is 3.15. The first-order valence-corrected chi connectivity index (χ1v) is 5.52. The molecule has 1 amide bonds. The van der Waals surface area contributed by atoms with Crippen molar-refractivity contribution >= 4 is 11.7 Å². The van der Waals surface area contributed by atoms with E-state index in [0.29, 0.717) is 12.8 Å². The van der Waals surface area contributed by atoms with Gasteiger partial charge in [-0.15, -0.1) is 0 Å². The number of nitrogens with zero attached hydrogens (tertiary/aromatic N) is 1. The van der Waals surface area contributed by atoms with Gasteiger partial charge in [-0.1, -0.05) is 30.3 Å². The monoisotopic (exact) mass is 217 g/mol. The van der Waals surface area contributed by atoms with Crippen molar-refractivity contribution in [2.24, 2.45) is 0 Å². The largest absolute Gasteiger partial charge is 0.342 e. The SMILES string of the molecule is CN1C(=O)CCC1CC(=O)c1ccccc1. The molecule has 1 unspecified atom stereocenters. The van der Waals surface area contributed by atoms with Gasteiger partial charge in [0.05, 0.1) is 0 Å². The number of hydrogen-bond acceptors (Lipinski definition) is 2. The van der Waals surface area contributed by atoms with E-state index in [-0.39, 0.29) is 17.7 Å². The summed E-state index contributed by atoms with van der Waals surface area (Å²) in [5.74, 6) is 0.262. The molecule has 0 saturated carbocycles. The van der Waals surface area contributed by atoms with Crippen LogP contribution in [0.3, 0.4) is 0 Å². The minimum absolute atomic E-state index is 0.0835. The molecule has 2 rings (SSSR count). The van der Waals surface area contributed by atoms with E-state index in [0.717, 1.165) is 12.0 Å². The van der Waals surface area contributed by atoms with Gasteiger partial charge in [0.15, 0.2) is 5.78 Å². The predicted octanol–water partition coefficient (Wildman–Crippen LogP) is 1.88. The van der Waals surface area contributed by atoms with Crippen molar-refractivity contribution in [3.8, 4) is 0 Å². The first-order valence-electron chi connectivity index (χ1n) is 5.52. The Kier molecular flexibility index (Phi) is 3.04. The summed E-state index contributed by atoms with van der Waals surface area (Å²) in [5, 5.41) is 0. The van der Waals surface area contributed by atoms with Gasteiger partial charge in [0.2, 0.25) is 5.91 Å². The van der Waals surface area contributed by atoms with Crippen molar-refractivity contribution in [3.05, 3.63) is 35.9 Å². The highest BCUT2D eigenvalue weighted by Crippen LogP contribution is 2.20. The Bertz CT molecular complexity index is 400. The average molecular weight is 217 g/mol. The molecule has 84 valence electrons. The molecule has 1 aromatic rings. The Morgan fingerprint density at radius 2 is 2.06 bits per heavy atom. The van der Waals surface area contributed by atoms with E-state index in [9.17, 15) is 9.59 Å². The zero-order valence-electron chi connectivity index (χ0n) is 9.35. The smallest absolute Gasteiger partial charge is 0.222 e. The fourth-order valence-corrected chi connectivity index (χ4v) is 2.06. The summed E-state index contributed by atoms with van der Waals surface area (Å²) in [7, 11) is 1.78. The zero-order chi connectivity index (χ0) is 11.5. The van der Waals surface area contributed by atoms with Crippen LogP contribution in [0.4, 0.5) is 0 Å². The average Bonchev–Trinajstić information content (AvgIpc) is 2.62. The van der Waals surface area contributed by atoms with Crippen molar-refractivity contribution in [3.63, 3.8) is 0 Å². The molecule has 1 atom stereocenters. The maximum Gasteiger partial charge on any atom is 0.222 e. The van der Waals surface area contributed by atoms with Gasteiger partial charge in [0.25, 0.3) is 0 Å². The third kappa shape index (κ3) is 2.13. The summed E-state index contributed by atoms with van der Waals surface area (Å²) in [6.07, 6.45) is 1.81. The van der Waals surface area contributed by atoms with Crippen molar-refractivity contribution in [2.45, 2.75) is 25.3 Å². The third-order valence-corrected chi connectivity index (χ3v) is 3.15. The summed E-state index contributed by atoms with van der Waals surface area (Å²) in [6, 6.07) is 9.33. The molecule has 1 heterocycles. The maximum atomic E-state index is 11.9. The van der Waals surface area contributed by atoms with Crippen molar-refractivity contribution in [2.75, 3.05) is 7.05 Å². The van der Waals surface area contributed by atoms with Crippen LogP contribution in [-0.2, 0) is 4.79 Å². The number of hydrogen-bond donors (Lipinski definition) is 0. The van der Waals surface area contributed by atoms with Crippen molar-refractivity contribution < 1.29 is 9.59 Å². The summed E-state index contributed by atoms with van der Waals surface area (Å²) in [4.78, 5) is 24.9. The molecule has 3 nitrogen and oxygen atoms in total. The predicted molar refractivity (Wildman–Crippen MR) is 61.2 cm³/mol. The molecule has 1 aromatic carbocycles. The van der Waals surface area contributed by atoms with Gasteiger partial charge in [-0.25, -0.2) is 0 Å². The Labute approximate surface area is 95.1 Å². The summed E-state index contributed by atoms with van der Waals surface area (Å²) < 4.78 is 0. The second-order valence-electron chi connectivity index (χ2n) is 4.19.